The van der Waals surface area contributed by atoms with Crippen LogP contribution in [0.2, 0.25) is 0 Å². The molecule has 3 aromatic rings. The van der Waals surface area contributed by atoms with Crippen molar-refractivity contribution in [2.75, 3.05) is 11.9 Å². The number of alkyl halides is 3. The molecule has 1 heterocycles. The third kappa shape index (κ3) is 4.86. The lowest BCUT2D eigenvalue weighted by Crippen LogP contribution is -2.29. The third-order valence-corrected chi connectivity index (χ3v) is 6.65. The zero-order chi connectivity index (χ0) is 23.2. The lowest BCUT2D eigenvalue weighted by atomic mass is 10.0. The van der Waals surface area contributed by atoms with Crippen LogP contribution in [0.5, 0.6) is 5.75 Å². The number of para-hydroxylation sites is 1. The van der Waals surface area contributed by atoms with E-state index in [9.17, 15) is 22.8 Å². The monoisotopic (exact) mass is 475 g/mol. The fraction of sp³-hybridized carbons (Fsp3) is 0.348. The van der Waals surface area contributed by atoms with Crippen LogP contribution in [-0.4, -0.2) is 35.6 Å². The molecule has 2 N–H and O–H groups in total. The van der Waals surface area contributed by atoms with Crippen molar-refractivity contribution in [3.05, 3.63) is 53.0 Å². The van der Waals surface area contributed by atoms with Crippen LogP contribution in [0.1, 0.15) is 41.1 Å². The molecule has 0 radical (unpaired) electrons. The van der Waals surface area contributed by atoms with Crippen LogP contribution >= 0.6 is 11.3 Å². The van der Waals surface area contributed by atoms with Crippen LogP contribution in [0.3, 0.4) is 0 Å². The molecule has 2 unspecified atom stereocenters. The van der Waals surface area contributed by atoms with E-state index < -0.39 is 18.1 Å². The number of hydrogen-bond donors (Lipinski definition) is 2. The topological polar surface area (TPSA) is 80.3 Å². The maximum absolute atomic E-state index is 13.0. The first-order chi connectivity index (χ1) is 15.8. The van der Waals surface area contributed by atoms with Gasteiger partial charge < -0.3 is 15.4 Å². The number of amides is 1. The minimum Gasteiger partial charge on any atom is -0.419 e. The summed E-state index contributed by atoms with van der Waals surface area (Å²) in [5.41, 5.74) is 3.22. The molecule has 0 aliphatic heterocycles. The van der Waals surface area contributed by atoms with Crippen LogP contribution < -0.4 is 15.4 Å². The van der Waals surface area contributed by atoms with Crippen LogP contribution in [0, 0.1) is 5.92 Å². The van der Waals surface area contributed by atoms with Gasteiger partial charge in [-0.15, -0.1) is 11.3 Å². The number of nitrogens with zero attached hydrogens (tertiary/aromatic N) is 1. The molecule has 0 bridgehead atoms. The summed E-state index contributed by atoms with van der Waals surface area (Å²) in [7, 11) is 0. The van der Waals surface area contributed by atoms with Crippen LogP contribution in [-0.2, 0) is 4.79 Å². The van der Waals surface area contributed by atoms with Gasteiger partial charge in [0.2, 0.25) is 0 Å². The van der Waals surface area contributed by atoms with E-state index in [1.807, 2.05) is 0 Å². The second-order valence-electron chi connectivity index (χ2n) is 8.40. The van der Waals surface area contributed by atoms with Gasteiger partial charge in [0, 0.05) is 23.2 Å². The Labute approximate surface area is 191 Å². The number of thiazole rings is 1. The van der Waals surface area contributed by atoms with E-state index in [2.05, 4.69) is 15.6 Å². The Morgan fingerprint density at radius 3 is 2.76 bits per heavy atom. The molecule has 172 valence electrons. The number of nitrogens with one attached hydrogen (secondary N) is 2. The summed E-state index contributed by atoms with van der Waals surface area (Å²) in [6.07, 6.45) is -2.11. The van der Waals surface area contributed by atoms with Crippen molar-refractivity contribution in [3.63, 3.8) is 0 Å². The summed E-state index contributed by atoms with van der Waals surface area (Å²) in [5.74, 6) is -2.81. The predicted molar refractivity (Wildman–Crippen MR) is 118 cm³/mol. The van der Waals surface area contributed by atoms with Gasteiger partial charge in [-0.2, -0.15) is 13.2 Å². The second kappa shape index (κ2) is 8.42. The highest BCUT2D eigenvalue weighted by Crippen LogP contribution is 2.47. The summed E-state index contributed by atoms with van der Waals surface area (Å²) in [6.45, 7) is 0.860. The molecule has 33 heavy (non-hydrogen) atoms. The van der Waals surface area contributed by atoms with E-state index >= 15 is 0 Å². The Morgan fingerprint density at radius 2 is 2.00 bits per heavy atom. The van der Waals surface area contributed by atoms with Crippen molar-refractivity contribution in [1.82, 2.24) is 10.3 Å². The van der Waals surface area contributed by atoms with Gasteiger partial charge in [0.05, 0.1) is 21.3 Å². The number of benzene rings is 2. The Hall–Kier alpha value is -2.98. The SMILES string of the molecule is O=C(Nc1ccc2ncsc2c1)c1cccc(C2CC2NCC2CC2)c1OC(=O)C(F)(F)F. The smallest absolute Gasteiger partial charge is 0.419 e. The fourth-order valence-electron chi connectivity index (χ4n) is 3.83. The van der Waals surface area contributed by atoms with Crippen molar-refractivity contribution in [1.29, 1.82) is 0 Å². The van der Waals surface area contributed by atoms with Crippen molar-refractivity contribution in [2.45, 2.75) is 37.4 Å². The molecule has 5 rings (SSSR count). The van der Waals surface area contributed by atoms with Gasteiger partial charge in [0.15, 0.2) is 0 Å². The highest BCUT2D eigenvalue weighted by Gasteiger charge is 2.45. The molecule has 0 spiro atoms. The number of hydrogen-bond acceptors (Lipinski definition) is 6. The summed E-state index contributed by atoms with van der Waals surface area (Å²) in [6, 6.07) is 9.78. The minimum atomic E-state index is -5.18. The first kappa shape index (κ1) is 21.8. The first-order valence-corrected chi connectivity index (χ1v) is 11.5. The molecule has 2 aromatic carbocycles. The molecule has 2 saturated carbocycles. The number of anilines is 1. The molecule has 1 amide bonds. The zero-order valence-electron chi connectivity index (χ0n) is 17.3. The Bertz CT molecular complexity index is 1220. The molecule has 2 aliphatic carbocycles. The normalized spacial score (nSPS) is 20.0. The number of halogens is 3. The molecular formula is C23H20F3N3O3S. The summed E-state index contributed by atoms with van der Waals surface area (Å²) >= 11 is 1.40. The Kier molecular flexibility index (Phi) is 5.57. The lowest BCUT2D eigenvalue weighted by Gasteiger charge is -2.16. The fourth-order valence-corrected chi connectivity index (χ4v) is 4.54. The molecule has 2 atom stereocenters. The first-order valence-electron chi connectivity index (χ1n) is 10.6. The molecule has 2 fully saturated rings. The average Bonchev–Trinajstić information content (AvgIpc) is 3.69. The van der Waals surface area contributed by atoms with E-state index in [1.165, 1.54) is 30.2 Å². The minimum absolute atomic E-state index is 0.0842. The van der Waals surface area contributed by atoms with Crippen LogP contribution in [0.25, 0.3) is 10.2 Å². The number of carbonyl (C=O) groups is 2. The predicted octanol–water partition coefficient (Wildman–Crippen LogP) is 4.87. The largest absolute Gasteiger partial charge is 0.491 e. The van der Waals surface area contributed by atoms with Crippen LogP contribution in [0.4, 0.5) is 18.9 Å². The summed E-state index contributed by atoms with van der Waals surface area (Å²) in [5, 5.41) is 6.10. The molecule has 1 aromatic heterocycles. The number of aromatic nitrogens is 1. The summed E-state index contributed by atoms with van der Waals surface area (Å²) in [4.78, 5) is 28.9. The standard InChI is InChI=1S/C23H20F3N3O3S/c24-23(25,26)22(31)32-20-14(16-9-18(16)27-10-12-4-5-12)2-1-3-15(20)21(30)29-13-6-7-17-19(8-13)33-11-28-17/h1-3,6-8,11-12,16,18,27H,4-5,9-10H2,(H,29,30). The van der Waals surface area contributed by atoms with Gasteiger partial charge in [0.1, 0.15) is 5.75 Å². The van der Waals surface area contributed by atoms with Crippen LogP contribution in [0.15, 0.2) is 41.9 Å². The number of esters is 1. The van der Waals surface area contributed by atoms with Gasteiger partial charge in [-0.1, -0.05) is 12.1 Å². The highest BCUT2D eigenvalue weighted by atomic mass is 32.1. The molecule has 10 heteroatoms. The highest BCUT2D eigenvalue weighted by molar-refractivity contribution is 7.16. The van der Waals surface area contributed by atoms with Gasteiger partial charge in [-0.25, -0.2) is 9.78 Å². The molecule has 0 saturated heterocycles. The summed E-state index contributed by atoms with van der Waals surface area (Å²) < 4.78 is 44.6. The van der Waals surface area contributed by atoms with E-state index in [-0.39, 0.29) is 23.3 Å². The Morgan fingerprint density at radius 1 is 1.18 bits per heavy atom. The lowest BCUT2D eigenvalue weighted by molar-refractivity contribution is -0.189. The number of fused-ring (bicyclic) bond motifs is 1. The quantitative estimate of drug-likeness (QED) is 0.376. The van der Waals surface area contributed by atoms with Crippen molar-refractivity contribution >= 4 is 39.1 Å². The number of rotatable bonds is 7. The zero-order valence-corrected chi connectivity index (χ0v) is 18.1. The maximum Gasteiger partial charge on any atom is 0.491 e. The van der Waals surface area contributed by atoms with Crippen molar-refractivity contribution in [3.8, 4) is 5.75 Å². The maximum atomic E-state index is 13.0. The van der Waals surface area contributed by atoms with E-state index in [0.717, 1.165) is 16.8 Å². The third-order valence-electron chi connectivity index (χ3n) is 5.86. The molecule has 2 aliphatic rings. The van der Waals surface area contributed by atoms with Gasteiger partial charge in [-0.3, -0.25) is 4.79 Å². The van der Waals surface area contributed by atoms with E-state index in [4.69, 9.17) is 4.74 Å². The van der Waals surface area contributed by atoms with Gasteiger partial charge >= 0.3 is 12.1 Å². The van der Waals surface area contributed by atoms with Crippen molar-refractivity contribution in [2.24, 2.45) is 5.92 Å². The molecule has 6 nitrogen and oxygen atoms in total. The van der Waals surface area contributed by atoms with E-state index in [0.29, 0.717) is 23.6 Å². The van der Waals surface area contributed by atoms with Gasteiger partial charge in [-0.05, 0) is 56.0 Å². The van der Waals surface area contributed by atoms with Gasteiger partial charge in [0.25, 0.3) is 5.91 Å². The van der Waals surface area contributed by atoms with E-state index in [1.54, 1.807) is 35.8 Å². The number of ether oxygens (including phenoxy) is 1. The number of carbonyl (C=O) groups excluding carboxylic acids is 2. The van der Waals surface area contributed by atoms with Crippen molar-refractivity contribution < 1.29 is 27.5 Å². The second-order valence-corrected chi connectivity index (χ2v) is 9.29. The Balaban J connectivity index is 1.42. The molecular weight excluding hydrogens is 455 g/mol. The average molecular weight is 475 g/mol.